The molecule has 1 heterocycles. The molecule has 1 N–H and O–H groups in total. The van der Waals surface area contributed by atoms with Crippen LogP contribution in [-0.2, 0) is 9.59 Å². The van der Waals surface area contributed by atoms with E-state index in [9.17, 15) is 19.1 Å². The summed E-state index contributed by atoms with van der Waals surface area (Å²) in [5.41, 5.74) is -0.179. The van der Waals surface area contributed by atoms with Crippen LogP contribution in [0.25, 0.3) is 0 Å². The number of ketones is 1. The number of carbonyl (C=O) groups excluding carboxylic acids is 2. The van der Waals surface area contributed by atoms with E-state index in [4.69, 9.17) is 21.1 Å². The molecule has 8 heteroatoms. The SMILES string of the molecule is COc1ccc(C2C(C(=O)C(C)(C)C)=C(O)C(=O)N2c2ccc(F)c(Cl)c2)cc1OC. The summed E-state index contributed by atoms with van der Waals surface area (Å²) in [6, 6.07) is 7.74. The number of hydrogen-bond donors (Lipinski definition) is 1. The van der Waals surface area contributed by atoms with Crippen molar-refractivity contribution < 1.29 is 28.6 Å². The highest BCUT2D eigenvalue weighted by Gasteiger charge is 2.47. The monoisotopic (exact) mass is 447 g/mol. The lowest BCUT2D eigenvalue weighted by molar-refractivity contribution is -0.123. The molecule has 1 aliphatic heterocycles. The number of amides is 1. The molecule has 164 valence electrons. The number of carbonyl (C=O) groups is 2. The standard InChI is InChI=1S/C23H23ClFNO5/c1-23(2,3)21(28)18-19(12-6-9-16(30-4)17(10-12)31-5)26(22(29)20(18)27)13-7-8-15(25)14(24)11-13/h6-11,19,27H,1-5H3. The van der Waals surface area contributed by atoms with Crippen molar-refractivity contribution in [3.63, 3.8) is 0 Å². The molecule has 1 unspecified atom stereocenters. The molecule has 3 rings (SSSR count). The van der Waals surface area contributed by atoms with Crippen LogP contribution in [0.1, 0.15) is 32.4 Å². The van der Waals surface area contributed by atoms with Crippen molar-refractivity contribution in [2.45, 2.75) is 26.8 Å². The Hall–Kier alpha value is -3.06. The van der Waals surface area contributed by atoms with Gasteiger partial charge in [-0.2, -0.15) is 0 Å². The van der Waals surface area contributed by atoms with Gasteiger partial charge in [0.25, 0.3) is 5.91 Å². The van der Waals surface area contributed by atoms with Crippen molar-refractivity contribution >= 4 is 29.0 Å². The van der Waals surface area contributed by atoms with Crippen LogP contribution < -0.4 is 14.4 Å². The van der Waals surface area contributed by atoms with Gasteiger partial charge in [0.05, 0.1) is 30.9 Å². The summed E-state index contributed by atoms with van der Waals surface area (Å²) >= 11 is 5.94. The Balaban J connectivity index is 2.25. The largest absolute Gasteiger partial charge is 0.503 e. The predicted octanol–water partition coefficient (Wildman–Crippen LogP) is 5.01. The number of nitrogens with zero attached hydrogens (tertiary/aromatic N) is 1. The molecule has 1 aliphatic rings. The third-order valence-electron chi connectivity index (χ3n) is 5.04. The molecule has 0 aliphatic carbocycles. The molecule has 0 fully saturated rings. The number of ether oxygens (including phenoxy) is 2. The first-order valence-corrected chi connectivity index (χ1v) is 9.87. The van der Waals surface area contributed by atoms with Gasteiger partial charge in [-0.25, -0.2) is 4.39 Å². The number of aliphatic hydroxyl groups is 1. The molecule has 0 spiro atoms. The number of benzene rings is 2. The van der Waals surface area contributed by atoms with Gasteiger partial charge < -0.3 is 14.6 Å². The lowest BCUT2D eigenvalue weighted by Gasteiger charge is -2.29. The molecule has 6 nitrogen and oxygen atoms in total. The van der Waals surface area contributed by atoms with E-state index in [0.717, 1.165) is 6.07 Å². The van der Waals surface area contributed by atoms with Gasteiger partial charge in [-0.05, 0) is 35.9 Å². The van der Waals surface area contributed by atoms with Crippen molar-refractivity contribution in [3.05, 3.63) is 64.1 Å². The summed E-state index contributed by atoms with van der Waals surface area (Å²) in [5, 5.41) is 10.5. The summed E-state index contributed by atoms with van der Waals surface area (Å²) in [6.07, 6.45) is 0. The fourth-order valence-corrected chi connectivity index (χ4v) is 3.66. The minimum atomic E-state index is -0.972. The maximum atomic E-state index is 13.7. The second-order valence-corrected chi connectivity index (χ2v) is 8.54. The molecule has 2 aromatic rings. The molecular weight excluding hydrogens is 425 g/mol. The van der Waals surface area contributed by atoms with Gasteiger partial charge in [-0.1, -0.05) is 38.4 Å². The zero-order chi connectivity index (χ0) is 23.1. The summed E-state index contributed by atoms with van der Waals surface area (Å²) in [6.45, 7) is 5.09. The van der Waals surface area contributed by atoms with Crippen LogP contribution >= 0.6 is 11.6 Å². The van der Waals surface area contributed by atoms with Crippen LogP contribution in [0.2, 0.25) is 5.02 Å². The van der Waals surface area contributed by atoms with Crippen LogP contribution in [-0.4, -0.2) is 31.0 Å². The normalized spacial score (nSPS) is 16.7. The van der Waals surface area contributed by atoms with Crippen molar-refractivity contribution in [1.29, 1.82) is 0 Å². The van der Waals surface area contributed by atoms with Crippen LogP contribution in [0.15, 0.2) is 47.7 Å². The van der Waals surface area contributed by atoms with Crippen molar-refractivity contribution in [2.75, 3.05) is 19.1 Å². The van der Waals surface area contributed by atoms with Gasteiger partial charge in [0, 0.05) is 11.1 Å². The maximum Gasteiger partial charge on any atom is 0.294 e. The molecule has 2 aromatic carbocycles. The second kappa shape index (κ2) is 8.23. The van der Waals surface area contributed by atoms with E-state index < -0.39 is 34.7 Å². The Labute approximate surface area is 184 Å². The number of aliphatic hydroxyl groups excluding tert-OH is 1. The van der Waals surface area contributed by atoms with E-state index in [0.29, 0.717) is 17.1 Å². The number of hydrogen-bond acceptors (Lipinski definition) is 5. The molecule has 0 saturated carbocycles. The summed E-state index contributed by atoms with van der Waals surface area (Å²) in [4.78, 5) is 27.5. The molecule has 0 saturated heterocycles. The maximum absolute atomic E-state index is 13.7. The fourth-order valence-electron chi connectivity index (χ4n) is 3.48. The van der Waals surface area contributed by atoms with Gasteiger partial charge in [0.15, 0.2) is 23.0 Å². The van der Waals surface area contributed by atoms with E-state index in [1.807, 2.05) is 0 Å². The molecule has 0 bridgehead atoms. The Morgan fingerprint density at radius 1 is 1.10 bits per heavy atom. The van der Waals surface area contributed by atoms with E-state index in [1.165, 1.54) is 31.3 Å². The van der Waals surface area contributed by atoms with Crippen LogP contribution in [0.3, 0.4) is 0 Å². The van der Waals surface area contributed by atoms with E-state index in [-0.39, 0.29) is 16.3 Å². The zero-order valence-electron chi connectivity index (χ0n) is 17.8. The second-order valence-electron chi connectivity index (χ2n) is 8.13. The van der Waals surface area contributed by atoms with Crippen LogP contribution in [0.4, 0.5) is 10.1 Å². The summed E-state index contributed by atoms with van der Waals surface area (Å²) < 4.78 is 24.4. The summed E-state index contributed by atoms with van der Waals surface area (Å²) in [5.74, 6) is -1.63. The lowest BCUT2D eigenvalue weighted by atomic mass is 9.82. The van der Waals surface area contributed by atoms with Gasteiger partial charge in [0.2, 0.25) is 0 Å². The average Bonchev–Trinajstić information content (AvgIpc) is 2.99. The predicted molar refractivity (Wildman–Crippen MR) is 115 cm³/mol. The number of halogens is 2. The Morgan fingerprint density at radius 2 is 1.74 bits per heavy atom. The number of anilines is 1. The number of Topliss-reactive ketones (excluding diaryl/α,β-unsaturated/α-hetero) is 1. The van der Waals surface area contributed by atoms with Gasteiger partial charge in [0.1, 0.15) is 5.82 Å². The molecule has 31 heavy (non-hydrogen) atoms. The Kier molecular flexibility index (Phi) is 6.00. The molecular formula is C23H23ClFNO5. The quantitative estimate of drug-likeness (QED) is 0.697. The first kappa shape index (κ1) is 22.6. The van der Waals surface area contributed by atoms with Crippen LogP contribution in [0, 0.1) is 11.2 Å². The third-order valence-corrected chi connectivity index (χ3v) is 5.33. The Bertz CT molecular complexity index is 1090. The zero-order valence-corrected chi connectivity index (χ0v) is 18.6. The highest BCUT2D eigenvalue weighted by molar-refractivity contribution is 6.31. The minimum absolute atomic E-state index is 0.0508. The summed E-state index contributed by atoms with van der Waals surface area (Å²) in [7, 11) is 2.96. The topological polar surface area (TPSA) is 76.1 Å². The average molecular weight is 448 g/mol. The van der Waals surface area contributed by atoms with Gasteiger partial charge in [-0.3, -0.25) is 14.5 Å². The smallest absolute Gasteiger partial charge is 0.294 e. The molecule has 1 atom stereocenters. The third kappa shape index (κ3) is 3.97. The fraction of sp³-hybridized carbons (Fsp3) is 0.304. The highest BCUT2D eigenvalue weighted by Crippen LogP contribution is 2.45. The lowest BCUT2D eigenvalue weighted by Crippen LogP contribution is -2.32. The minimum Gasteiger partial charge on any atom is -0.503 e. The number of rotatable bonds is 5. The van der Waals surface area contributed by atoms with Gasteiger partial charge >= 0.3 is 0 Å². The molecule has 1 amide bonds. The molecule has 0 radical (unpaired) electrons. The number of methoxy groups -OCH3 is 2. The van der Waals surface area contributed by atoms with Gasteiger partial charge in [-0.15, -0.1) is 0 Å². The van der Waals surface area contributed by atoms with E-state index in [2.05, 4.69) is 0 Å². The van der Waals surface area contributed by atoms with E-state index >= 15 is 0 Å². The van der Waals surface area contributed by atoms with Crippen molar-refractivity contribution in [2.24, 2.45) is 5.41 Å². The first-order valence-electron chi connectivity index (χ1n) is 9.49. The first-order chi connectivity index (χ1) is 14.5. The van der Waals surface area contributed by atoms with E-state index in [1.54, 1.807) is 39.0 Å². The molecule has 0 aromatic heterocycles. The van der Waals surface area contributed by atoms with Crippen LogP contribution in [0.5, 0.6) is 11.5 Å². The Morgan fingerprint density at radius 3 is 2.29 bits per heavy atom. The van der Waals surface area contributed by atoms with Crippen molar-refractivity contribution in [1.82, 2.24) is 0 Å². The van der Waals surface area contributed by atoms with Crippen molar-refractivity contribution in [3.8, 4) is 11.5 Å². The highest BCUT2D eigenvalue weighted by atomic mass is 35.5.